The van der Waals surface area contributed by atoms with Gasteiger partial charge >= 0.3 is 5.97 Å². The number of halogens is 1. The summed E-state index contributed by atoms with van der Waals surface area (Å²) in [6.07, 6.45) is 1.18. The third-order valence-corrected chi connectivity index (χ3v) is 2.98. The lowest BCUT2D eigenvalue weighted by atomic mass is 10.2. The van der Waals surface area contributed by atoms with Gasteiger partial charge < -0.3 is 5.11 Å². The van der Waals surface area contributed by atoms with E-state index in [1.807, 2.05) is 19.1 Å². The number of nitrogens with one attached hydrogen (secondary N) is 1. The molecule has 0 aliphatic carbocycles. The van der Waals surface area contributed by atoms with Crippen molar-refractivity contribution >= 4 is 21.9 Å². The highest BCUT2D eigenvalue weighted by Crippen LogP contribution is 2.20. The van der Waals surface area contributed by atoms with Crippen molar-refractivity contribution in [2.45, 2.75) is 6.92 Å². The quantitative estimate of drug-likeness (QED) is 0.889. The fourth-order valence-corrected chi connectivity index (χ4v) is 2.17. The molecule has 0 radical (unpaired) electrons. The van der Waals surface area contributed by atoms with Gasteiger partial charge in [-0.2, -0.15) is 0 Å². The largest absolute Gasteiger partial charge is 0.477 e. The zero-order valence-corrected chi connectivity index (χ0v) is 10.5. The second-order valence-electron chi connectivity index (χ2n) is 3.59. The number of H-pyrrole nitrogens is 1. The van der Waals surface area contributed by atoms with Crippen molar-refractivity contribution in [3.05, 3.63) is 50.3 Å². The van der Waals surface area contributed by atoms with Crippen LogP contribution in [-0.4, -0.2) is 20.9 Å². The molecule has 0 aliphatic heterocycles. The van der Waals surface area contributed by atoms with Crippen LogP contribution in [0, 0.1) is 6.92 Å². The van der Waals surface area contributed by atoms with Crippen molar-refractivity contribution in [2.24, 2.45) is 0 Å². The molecule has 2 rings (SSSR count). The minimum absolute atomic E-state index is 0.280. The Hall–Kier alpha value is -1.82. The Morgan fingerprint density at radius 1 is 1.47 bits per heavy atom. The Kier molecular flexibility index (Phi) is 2.89. The summed E-state index contributed by atoms with van der Waals surface area (Å²) in [5.74, 6) is -1.24. The Morgan fingerprint density at radius 3 is 2.71 bits per heavy atom. The molecule has 0 atom stereocenters. The molecule has 2 aromatic rings. The van der Waals surface area contributed by atoms with Gasteiger partial charge in [0.1, 0.15) is 5.56 Å². The van der Waals surface area contributed by atoms with E-state index < -0.39 is 11.5 Å². The minimum Gasteiger partial charge on any atom is -0.477 e. The van der Waals surface area contributed by atoms with Crippen molar-refractivity contribution in [3.8, 4) is 5.69 Å². The highest BCUT2D eigenvalue weighted by Gasteiger charge is 2.15. The van der Waals surface area contributed by atoms with E-state index in [9.17, 15) is 9.59 Å². The van der Waals surface area contributed by atoms with E-state index in [2.05, 4.69) is 21.0 Å². The molecule has 0 spiro atoms. The third-order valence-electron chi connectivity index (χ3n) is 2.35. The number of carbonyl (C=O) groups is 1. The van der Waals surface area contributed by atoms with Crippen molar-refractivity contribution in [1.29, 1.82) is 0 Å². The van der Waals surface area contributed by atoms with Crippen LogP contribution in [0.25, 0.3) is 5.69 Å². The summed E-state index contributed by atoms with van der Waals surface area (Å²) in [4.78, 5) is 22.5. The van der Waals surface area contributed by atoms with Crippen LogP contribution in [0.3, 0.4) is 0 Å². The first-order valence-corrected chi connectivity index (χ1v) is 5.60. The monoisotopic (exact) mass is 296 g/mol. The number of rotatable bonds is 2. The summed E-state index contributed by atoms with van der Waals surface area (Å²) in [7, 11) is 0. The predicted molar refractivity (Wildman–Crippen MR) is 65.8 cm³/mol. The van der Waals surface area contributed by atoms with E-state index in [4.69, 9.17) is 5.11 Å². The summed E-state index contributed by atoms with van der Waals surface area (Å²) >= 11 is 3.34. The number of hydrogen-bond acceptors (Lipinski definition) is 2. The average molecular weight is 297 g/mol. The summed E-state index contributed by atoms with van der Waals surface area (Å²) < 4.78 is 1.91. The highest BCUT2D eigenvalue weighted by atomic mass is 79.9. The maximum absolute atomic E-state index is 11.8. The number of hydrogen-bond donors (Lipinski definition) is 2. The number of aromatic carboxylic acids is 1. The zero-order chi connectivity index (χ0) is 12.6. The van der Waals surface area contributed by atoms with E-state index in [1.165, 1.54) is 10.9 Å². The molecule has 0 saturated heterocycles. The molecule has 5 nitrogen and oxygen atoms in total. The second-order valence-corrected chi connectivity index (χ2v) is 4.44. The van der Waals surface area contributed by atoms with Crippen LogP contribution in [0.5, 0.6) is 0 Å². The van der Waals surface area contributed by atoms with Gasteiger partial charge in [-0.25, -0.2) is 9.48 Å². The van der Waals surface area contributed by atoms with Crippen LogP contribution in [0.15, 0.2) is 33.7 Å². The Labute approximate surface area is 105 Å². The molecule has 0 amide bonds. The standard InChI is InChI=1S/C11H9BrN2O3/c1-6-2-3-9(8(12)4-6)14-10(15)7(5-13-14)11(16)17/h2-5,13H,1H3,(H,16,17). The van der Waals surface area contributed by atoms with Gasteiger partial charge in [-0.15, -0.1) is 0 Å². The van der Waals surface area contributed by atoms with Crippen LogP contribution in [0.2, 0.25) is 0 Å². The van der Waals surface area contributed by atoms with E-state index in [1.54, 1.807) is 6.07 Å². The molecular weight excluding hydrogens is 288 g/mol. The Balaban J connectivity index is 2.62. The maximum Gasteiger partial charge on any atom is 0.342 e. The first-order chi connectivity index (χ1) is 8.00. The van der Waals surface area contributed by atoms with Gasteiger partial charge in [0.15, 0.2) is 0 Å². The number of aromatic nitrogens is 2. The van der Waals surface area contributed by atoms with Gasteiger partial charge in [0.25, 0.3) is 5.56 Å². The normalized spacial score (nSPS) is 10.5. The molecular formula is C11H9BrN2O3. The van der Waals surface area contributed by atoms with Crippen molar-refractivity contribution < 1.29 is 9.90 Å². The lowest BCUT2D eigenvalue weighted by Crippen LogP contribution is -2.20. The molecule has 1 aromatic carbocycles. The Morgan fingerprint density at radius 2 is 2.18 bits per heavy atom. The van der Waals surface area contributed by atoms with Crippen molar-refractivity contribution in [1.82, 2.24) is 9.78 Å². The number of nitrogens with zero attached hydrogens (tertiary/aromatic N) is 1. The molecule has 0 unspecified atom stereocenters. The number of aromatic amines is 1. The van der Waals surface area contributed by atoms with Gasteiger partial charge in [0.2, 0.25) is 0 Å². The molecule has 1 heterocycles. The maximum atomic E-state index is 11.8. The number of carboxylic acid groups (broad SMARTS) is 1. The van der Waals surface area contributed by atoms with Gasteiger partial charge in [-0.1, -0.05) is 6.07 Å². The smallest absolute Gasteiger partial charge is 0.342 e. The highest BCUT2D eigenvalue weighted by molar-refractivity contribution is 9.10. The topological polar surface area (TPSA) is 75.1 Å². The van der Waals surface area contributed by atoms with Crippen molar-refractivity contribution in [2.75, 3.05) is 0 Å². The molecule has 0 saturated carbocycles. The summed E-state index contributed by atoms with van der Waals surface area (Å²) in [5.41, 5.74) is 0.756. The molecule has 0 bridgehead atoms. The predicted octanol–water partition coefficient (Wildman–Crippen LogP) is 1.93. The first-order valence-electron chi connectivity index (χ1n) is 4.81. The first kappa shape index (κ1) is 11.7. The zero-order valence-electron chi connectivity index (χ0n) is 8.90. The third kappa shape index (κ3) is 2.03. The Bertz CT molecular complexity index is 642. The molecule has 0 fully saturated rings. The summed E-state index contributed by atoms with van der Waals surface area (Å²) in [5, 5.41) is 11.4. The summed E-state index contributed by atoms with van der Waals surface area (Å²) in [6.45, 7) is 1.93. The van der Waals surface area contributed by atoms with Crippen LogP contribution in [0.1, 0.15) is 15.9 Å². The number of carboxylic acids is 1. The van der Waals surface area contributed by atoms with Crippen molar-refractivity contribution in [3.63, 3.8) is 0 Å². The lowest BCUT2D eigenvalue weighted by molar-refractivity contribution is 0.0695. The lowest BCUT2D eigenvalue weighted by Gasteiger charge is -2.05. The van der Waals surface area contributed by atoms with E-state index in [0.29, 0.717) is 5.69 Å². The molecule has 88 valence electrons. The number of aryl methyl sites for hydroxylation is 1. The fraction of sp³-hybridized carbons (Fsp3) is 0.0909. The average Bonchev–Trinajstić information content (AvgIpc) is 2.60. The van der Waals surface area contributed by atoms with Gasteiger partial charge in [0, 0.05) is 10.7 Å². The van der Waals surface area contributed by atoms with E-state index in [-0.39, 0.29) is 5.56 Å². The molecule has 17 heavy (non-hydrogen) atoms. The van der Waals surface area contributed by atoms with Crippen LogP contribution >= 0.6 is 15.9 Å². The van der Waals surface area contributed by atoms with Crippen LogP contribution < -0.4 is 5.56 Å². The van der Waals surface area contributed by atoms with Gasteiger partial charge in [-0.05, 0) is 40.5 Å². The van der Waals surface area contributed by atoms with Gasteiger partial charge in [-0.3, -0.25) is 9.89 Å². The molecule has 2 N–H and O–H groups in total. The second kappa shape index (κ2) is 4.21. The van der Waals surface area contributed by atoms with E-state index >= 15 is 0 Å². The fourth-order valence-electron chi connectivity index (χ4n) is 1.50. The van der Waals surface area contributed by atoms with Crippen LogP contribution in [0.4, 0.5) is 0 Å². The van der Waals surface area contributed by atoms with Gasteiger partial charge in [0.05, 0.1) is 5.69 Å². The molecule has 1 aromatic heterocycles. The minimum atomic E-state index is -1.24. The summed E-state index contributed by atoms with van der Waals surface area (Å²) in [6, 6.07) is 5.43. The van der Waals surface area contributed by atoms with Crippen LogP contribution in [-0.2, 0) is 0 Å². The number of benzene rings is 1. The molecule has 0 aliphatic rings. The SMILES string of the molecule is Cc1ccc(-n2[nH]cc(C(=O)O)c2=O)c(Br)c1. The van der Waals surface area contributed by atoms with E-state index in [0.717, 1.165) is 10.0 Å². The molecule has 6 heteroatoms.